The third kappa shape index (κ3) is 3.45. The number of amides is 2. The van der Waals surface area contributed by atoms with Crippen molar-refractivity contribution in [1.29, 1.82) is 0 Å². The molecule has 0 bridgehead atoms. The summed E-state index contributed by atoms with van der Waals surface area (Å²) < 4.78 is 0. The number of hydrogen-bond acceptors (Lipinski definition) is 4. The van der Waals surface area contributed by atoms with E-state index < -0.39 is 0 Å². The molecule has 0 aromatic carbocycles. The van der Waals surface area contributed by atoms with Crippen LogP contribution >= 0.6 is 0 Å². The molecule has 2 heterocycles. The van der Waals surface area contributed by atoms with Crippen LogP contribution in [0.3, 0.4) is 0 Å². The highest BCUT2D eigenvalue weighted by Crippen LogP contribution is 2.15. The minimum atomic E-state index is -0.347. The van der Waals surface area contributed by atoms with Crippen molar-refractivity contribution in [2.45, 2.75) is 31.7 Å². The highest BCUT2D eigenvalue weighted by molar-refractivity contribution is 6.35. The second-order valence-corrected chi connectivity index (χ2v) is 5.25. The van der Waals surface area contributed by atoms with Crippen LogP contribution in [-0.4, -0.2) is 72.1 Å². The lowest BCUT2D eigenvalue weighted by atomic mass is 10.1. The van der Waals surface area contributed by atoms with Crippen LogP contribution in [0.25, 0.3) is 0 Å². The Labute approximate surface area is 113 Å². The summed E-state index contributed by atoms with van der Waals surface area (Å²) >= 11 is 0. The Balaban J connectivity index is 1.80. The molecule has 19 heavy (non-hydrogen) atoms. The lowest BCUT2D eigenvalue weighted by molar-refractivity contribution is -0.159. The first-order valence-corrected chi connectivity index (χ1v) is 7.15. The van der Waals surface area contributed by atoms with Gasteiger partial charge in [0.2, 0.25) is 0 Å². The van der Waals surface area contributed by atoms with Gasteiger partial charge < -0.3 is 20.2 Å². The van der Waals surface area contributed by atoms with Crippen LogP contribution in [0, 0.1) is 0 Å². The molecule has 0 saturated carbocycles. The Morgan fingerprint density at radius 3 is 2.74 bits per heavy atom. The predicted octanol–water partition coefficient (Wildman–Crippen LogP) is -0.818. The Hall–Kier alpha value is -1.14. The molecular weight excluding hydrogens is 246 g/mol. The van der Waals surface area contributed by atoms with E-state index in [1.165, 1.54) is 0 Å². The third-order valence-corrected chi connectivity index (χ3v) is 3.85. The Morgan fingerprint density at radius 1 is 1.16 bits per heavy atom. The fourth-order valence-corrected chi connectivity index (χ4v) is 2.75. The zero-order chi connectivity index (χ0) is 13.7. The van der Waals surface area contributed by atoms with Gasteiger partial charge in [-0.05, 0) is 12.8 Å². The van der Waals surface area contributed by atoms with E-state index in [1.807, 2.05) is 0 Å². The van der Waals surface area contributed by atoms with E-state index in [1.54, 1.807) is 9.80 Å². The SMILES string of the molecule is O=C1C(=O)N2CCNCC2CN1CCCCCCO. The van der Waals surface area contributed by atoms with Gasteiger partial charge in [-0.3, -0.25) is 9.59 Å². The molecule has 2 N–H and O–H groups in total. The van der Waals surface area contributed by atoms with Crippen LogP contribution in [0.4, 0.5) is 0 Å². The summed E-state index contributed by atoms with van der Waals surface area (Å²) in [4.78, 5) is 27.4. The Kier molecular flexibility index (Phi) is 5.15. The summed E-state index contributed by atoms with van der Waals surface area (Å²) in [7, 11) is 0. The van der Waals surface area contributed by atoms with Gasteiger partial charge in [-0.1, -0.05) is 12.8 Å². The number of aliphatic hydroxyl groups is 1. The summed E-state index contributed by atoms with van der Waals surface area (Å²) in [5, 5.41) is 12.0. The van der Waals surface area contributed by atoms with E-state index >= 15 is 0 Å². The van der Waals surface area contributed by atoms with Gasteiger partial charge in [0.15, 0.2) is 0 Å². The number of carbonyl (C=O) groups is 2. The van der Waals surface area contributed by atoms with Gasteiger partial charge in [0.1, 0.15) is 0 Å². The highest BCUT2D eigenvalue weighted by atomic mass is 16.3. The molecule has 0 aromatic rings. The molecule has 0 aromatic heterocycles. The first kappa shape index (κ1) is 14.3. The van der Waals surface area contributed by atoms with Crippen molar-refractivity contribution in [2.75, 3.05) is 39.3 Å². The molecule has 108 valence electrons. The quantitative estimate of drug-likeness (QED) is 0.488. The smallest absolute Gasteiger partial charge is 0.312 e. The van der Waals surface area contributed by atoms with E-state index in [4.69, 9.17) is 5.11 Å². The van der Waals surface area contributed by atoms with Crippen molar-refractivity contribution < 1.29 is 14.7 Å². The van der Waals surface area contributed by atoms with Crippen LogP contribution in [0.5, 0.6) is 0 Å². The third-order valence-electron chi connectivity index (χ3n) is 3.85. The summed E-state index contributed by atoms with van der Waals surface area (Å²) in [6.07, 6.45) is 3.68. The predicted molar refractivity (Wildman–Crippen MR) is 70.5 cm³/mol. The molecule has 0 spiro atoms. The average Bonchev–Trinajstić information content (AvgIpc) is 2.44. The van der Waals surface area contributed by atoms with Gasteiger partial charge >= 0.3 is 11.8 Å². The van der Waals surface area contributed by atoms with E-state index in [9.17, 15) is 9.59 Å². The molecule has 2 amide bonds. The molecular formula is C13H23N3O3. The second-order valence-electron chi connectivity index (χ2n) is 5.25. The zero-order valence-electron chi connectivity index (χ0n) is 11.3. The summed E-state index contributed by atoms with van der Waals surface area (Å²) in [6, 6.07) is 0.136. The highest BCUT2D eigenvalue weighted by Gasteiger charge is 2.39. The van der Waals surface area contributed by atoms with Gasteiger partial charge in [0, 0.05) is 39.3 Å². The van der Waals surface area contributed by atoms with Crippen molar-refractivity contribution in [2.24, 2.45) is 0 Å². The summed E-state index contributed by atoms with van der Waals surface area (Å²) in [5.41, 5.74) is 0. The Morgan fingerprint density at radius 2 is 1.95 bits per heavy atom. The number of unbranched alkanes of at least 4 members (excludes halogenated alkanes) is 3. The molecule has 6 nitrogen and oxygen atoms in total. The normalized spacial score (nSPS) is 23.7. The molecule has 1 unspecified atom stereocenters. The number of fused-ring (bicyclic) bond motifs is 1. The van der Waals surface area contributed by atoms with Crippen molar-refractivity contribution in [1.82, 2.24) is 15.1 Å². The van der Waals surface area contributed by atoms with Gasteiger partial charge in [0.25, 0.3) is 0 Å². The van der Waals surface area contributed by atoms with Crippen molar-refractivity contribution in [3.8, 4) is 0 Å². The van der Waals surface area contributed by atoms with Crippen molar-refractivity contribution in [3.63, 3.8) is 0 Å². The largest absolute Gasteiger partial charge is 0.396 e. The van der Waals surface area contributed by atoms with Crippen LogP contribution in [0.2, 0.25) is 0 Å². The van der Waals surface area contributed by atoms with Crippen LogP contribution in [-0.2, 0) is 9.59 Å². The van der Waals surface area contributed by atoms with Crippen molar-refractivity contribution in [3.05, 3.63) is 0 Å². The number of rotatable bonds is 6. The van der Waals surface area contributed by atoms with Gasteiger partial charge in [0.05, 0.1) is 6.04 Å². The minimum absolute atomic E-state index is 0.136. The zero-order valence-corrected chi connectivity index (χ0v) is 11.3. The van der Waals surface area contributed by atoms with Gasteiger partial charge in [-0.2, -0.15) is 0 Å². The lowest BCUT2D eigenvalue weighted by Crippen LogP contribution is -2.65. The van der Waals surface area contributed by atoms with Crippen LogP contribution in [0.1, 0.15) is 25.7 Å². The average molecular weight is 269 g/mol. The fourth-order valence-electron chi connectivity index (χ4n) is 2.75. The van der Waals surface area contributed by atoms with Gasteiger partial charge in [-0.15, -0.1) is 0 Å². The maximum atomic E-state index is 12.0. The molecule has 2 fully saturated rings. The van der Waals surface area contributed by atoms with E-state index in [0.29, 0.717) is 19.6 Å². The van der Waals surface area contributed by atoms with Crippen molar-refractivity contribution >= 4 is 11.8 Å². The van der Waals surface area contributed by atoms with E-state index in [2.05, 4.69) is 5.32 Å². The molecule has 2 aliphatic heterocycles. The molecule has 0 aliphatic carbocycles. The number of carbonyl (C=O) groups excluding carboxylic acids is 2. The van der Waals surface area contributed by atoms with Crippen LogP contribution < -0.4 is 5.32 Å². The minimum Gasteiger partial charge on any atom is -0.396 e. The topological polar surface area (TPSA) is 72.9 Å². The van der Waals surface area contributed by atoms with Gasteiger partial charge in [-0.25, -0.2) is 0 Å². The fraction of sp³-hybridized carbons (Fsp3) is 0.846. The second kappa shape index (κ2) is 6.86. The van der Waals surface area contributed by atoms with E-state index in [-0.39, 0.29) is 24.5 Å². The number of nitrogens with zero attached hydrogens (tertiary/aromatic N) is 2. The summed E-state index contributed by atoms with van der Waals surface area (Å²) in [5.74, 6) is -0.687. The number of piperazine rings is 2. The standard InChI is InChI=1S/C13H23N3O3/c17-8-4-2-1-3-6-15-10-11-9-14-5-7-16(11)13(19)12(15)18/h11,14,17H,1-10H2. The molecule has 2 saturated heterocycles. The molecule has 1 atom stereocenters. The van der Waals surface area contributed by atoms with E-state index in [0.717, 1.165) is 38.8 Å². The molecule has 2 aliphatic rings. The first-order valence-electron chi connectivity index (χ1n) is 7.15. The number of aliphatic hydroxyl groups excluding tert-OH is 1. The Bertz CT molecular complexity index is 335. The molecule has 2 rings (SSSR count). The first-order chi connectivity index (χ1) is 9.24. The summed E-state index contributed by atoms with van der Waals surface area (Å²) in [6.45, 7) is 3.72. The lowest BCUT2D eigenvalue weighted by Gasteiger charge is -2.43. The number of hydrogen-bond donors (Lipinski definition) is 2. The molecule has 0 radical (unpaired) electrons. The number of nitrogens with one attached hydrogen (secondary N) is 1. The maximum Gasteiger partial charge on any atom is 0.312 e. The maximum absolute atomic E-state index is 12.0. The van der Waals surface area contributed by atoms with Crippen LogP contribution in [0.15, 0.2) is 0 Å². The molecule has 6 heteroatoms. The monoisotopic (exact) mass is 269 g/mol.